The van der Waals surface area contributed by atoms with Gasteiger partial charge in [0.2, 0.25) is 0 Å². The Bertz CT molecular complexity index is 3320. The summed E-state index contributed by atoms with van der Waals surface area (Å²) in [7, 11) is 0. The van der Waals surface area contributed by atoms with E-state index < -0.39 is 0 Å². The fourth-order valence-corrected chi connectivity index (χ4v) is 9.71. The van der Waals surface area contributed by atoms with Crippen molar-refractivity contribution in [2.45, 2.75) is 52.4 Å². The number of hydrogen-bond acceptors (Lipinski definition) is 1. The Kier molecular flexibility index (Phi) is 8.67. The second kappa shape index (κ2) is 14.2. The molecule has 0 bridgehead atoms. The Morgan fingerprint density at radius 3 is 1.35 bits per heavy atom. The molecule has 0 amide bonds. The quantitative estimate of drug-likeness (QED) is 0.152. The number of anilines is 3. The molecule has 0 N–H and O–H groups in total. The maximum atomic E-state index is 2.54. The zero-order valence-electron chi connectivity index (χ0n) is 36.4. The summed E-state index contributed by atoms with van der Waals surface area (Å²) < 4.78 is 2.47. The number of nitrogens with zero attached hydrogens (tertiary/aromatic N) is 2. The summed E-state index contributed by atoms with van der Waals surface area (Å²) in [6, 6.07) is 72.4. The summed E-state index contributed by atoms with van der Waals surface area (Å²) in [5.74, 6) is 0. The van der Waals surface area contributed by atoms with Crippen LogP contribution in [0.4, 0.5) is 17.1 Å². The van der Waals surface area contributed by atoms with Gasteiger partial charge in [-0.15, -0.1) is 0 Å². The van der Waals surface area contributed by atoms with Crippen LogP contribution in [-0.4, -0.2) is 4.57 Å². The maximum absolute atomic E-state index is 2.54. The molecular weight excluding hydrogens is 749 g/mol. The van der Waals surface area contributed by atoms with Crippen molar-refractivity contribution in [3.8, 4) is 27.9 Å². The minimum atomic E-state index is -0.0609. The second-order valence-corrected chi connectivity index (χ2v) is 19.1. The monoisotopic (exact) mass is 798 g/mol. The molecule has 0 atom stereocenters. The molecule has 0 aliphatic rings. The van der Waals surface area contributed by atoms with Crippen LogP contribution >= 0.6 is 0 Å². The minimum Gasteiger partial charge on any atom is -0.310 e. The van der Waals surface area contributed by atoms with E-state index >= 15 is 0 Å². The highest BCUT2D eigenvalue weighted by molar-refractivity contribution is 6.27. The Morgan fingerprint density at radius 1 is 0.355 bits per heavy atom. The van der Waals surface area contributed by atoms with Crippen LogP contribution in [0.1, 0.15) is 52.7 Å². The number of fused-ring (bicyclic) bond motifs is 3. The average molecular weight is 799 g/mol. The van der Waals surface area contributed by atoms with Gasteiger partial charge < -0.3 is 9.47 Å². The lowest BCUT2D eigenvalue weighted by Crippen LogP contribution is -2.19. The minimum absolute atomic E-state index is 0.0609. The number of aromatic nitrogens is 1. The van der Waals surface area contributed by atoms with Crippen molar-refractivity contribution >= 4 is 71.2 Å². The van der Waals surface area contributed by atoms with Crippen molar-refractivity contribution in [2.75, 3.05) is 4.90 Å². The molecule has 10 aromatic carbocycles. The molecule has 0 unspecified atom stereocenters. The van der Waals surface area contributed by atoms with Gasteiger partial charge in [0.05, 0.1) is 22.4 Å². The highest BCUT2D eigenvalue weighted by atomic mass is 15.1. The van der Waals surface area contributed by atoms with Crippen LogP contribution in [0.3, 0.4) is 0 Å². The molecule has 0 aliphatic heterocycles. The molecule has 62 heavy (non-hydrogen) atoms. The summed E-state index contributed by atoms with van der Waals surface area (Å²) in [6.45, 7) is 14.0. The van der Waals surface area contributed by atoms with E-state index in [9.17, 15) is 0 Å². The molecule has 11 aromatic rings. The van der Waals surface area contributed by atoms with E-state index in [1.807, 2.05) is 0 Å². The molecule has 0 saturated carbocycles. The first-order chi connectivity index (χ1) is 30.0. The van der Waals surface area contributed by atoms with Gasteiger partial charge in [-0.05, 0) is 120 Å². The molecule has 0 radical (unpaired) electrons. The highest BCUT2D eigenvalue weighted by Gasteiger charge is 2.26. The lowest BCUT2D eigenvalue weighted by molar-refractivity contribution is 0.569. The Hall–Kier alpha value is -7.16. The normalized spacial score (nSPS) is 12.4. The number of hydrogen-bond donors (Lipinski definition) is 0. The molecular formula is C60H50N2. The van der Waals surface area contributed by atoms with E-state index in [-0.39, 0.29) is 10.8 Å². The molecule has 2 nitrogen and oxygen atoms in total. The van der Waals surface area contributed by atoms with Crippen LogP contribution in [0.15, 0.2) is 194 Å². The molecule has 11 rings (SSSR count). The first kappa shape index (κ1) is 37.8. The molecule has 0 saturated heterocycles. The Balaban J connectivity index is 1.23. The van der Waals surface area contributed by atoms with Crippen LogP contribution in [0, 0.1) is 0 Å². The van der Waals surface area contributed by atoms with Gasteiger partial charge in [0, 0.05) is 32.9 Å². The third-order valence-electron chi connectivity index (χ3n) is 13.0. The van der Waals surface area contributed by atoms with E-state index in [4.69, 9.17) is 0 Å². The summed E-state index contributed by atoms with van der Waals surface area (Å²) in [4.78, 5) is 2.54. The molecule has 300 valence electrons. The third-order valence-corrected chi connectivity index (χ3v) is 13.0. The van der Waals surface area contributed by atoms with E-state index in [1.165, 1.54) is 93.2 Å². The second-order valence-electron chi connectivity index (χ2n) is 19.1. The smallest absolute Gasteiger partial charge is 0.0541 e. The van der Waals surface area contributed by atoms with E-state index in [1.54, 1.807) is 0 Å². The Morgan fingerprint density at radius 2 is 0.806 bits per heavy atom. The van der Waals surface area contributed by atoms with Gasteiger partial charge >= 0.3 is 0 Å². The predicted octanol–water partition coefficient (Wildman–Crippen LogP) is 17.1. The fraction of sp³-hybridized carbons (Fsp3) is 0.133. The van der Waals surface area contributed by atoms with Gasteiger partial charge in [-0.25, -0.2) is 0 Å². The van der Waals surface area contributed by atoms with Crippen molar-refractivity contribution in [1.82, 2.24) is 4.57 Å². The molecule has 1 aromatic heterocycles. The fourth-order valence-electron chi connectivity index (χ4n) is 9.71. The maximum Gasteiger partial charge on any atom is 0.0541 e. The summed E-state index contributed by atoms with van der Waals surface area (Å²) >= 11 is 0. The van der Waals surface area contributed by atoms with Crippen molar-refractivity contribution in [2.24, 2.45) is 0 Å². The van der Waals surface area contributed by atoms with Crippen LogP contribution in [-0.2, 0) is 10.8 Å². The Labute approximate surface area is 364 Å². The van der Waals surface area contributed by atoms with Crippen LogP contribution in [0.2, 0.25) is 0 Å². The van der Waals surface area contributed by atoms with Crippen molar-refractivity contribution in [3.63, 3.8) is 0 Å². The first-order valence-electron chi connectivity index (χ1n) is 21.9. The van der Waals surface area contributed by atoms with E-state index in [0.717, 1.165) is 17.1 Å². The van der Waals surface area contributed by atoms with Gasteiger partial charge in [-0.3, -0.25) is 0 Å². The number of rotatable bonds is 6. The van der Waals surface area contributed by atoms with Crippen molar-refractivity contribution in [3.05, 3.63) is 205 Å². The van der Waals surface area contributed by atoms with Crippen molar-refractivity contribution < 1.29 is 0 Å². The van der Waals surface area contributed by atoms with Gasteiger partial charge in [-0.1, -0.05) is 181 Å². The average Bonchev–Trinajstić information content (AvgIpc) is 3.62. The molecule has 2 heteroatoms. The SMILES string of the molecule is CC(C)(C)c1cc(N(c2cc(-c3ccccc3)cc(-c3ccccc3)c2)c2ccc3ccc4c(-n5c6ccccc6c6ccccc65)ccc5ccc2c3c54)cc(C(C)(C)C)c1. The predicted molar refractivity (Wildman–Crippen MR) is 267 cm³/mol. The third kappa shape index (κ3) is 6.24. The summed E-state index contributed by atoms with van der Waals surface area (Å²) in [5, 5.41) is 10.1. The van der Waals surface area contributed by atoms with Gasteiger partial charge in [0.15, 0.2) is 0 Å². The van der Waals surface area contributed by atoms with Crippen LogP contribution in [0.25, 0.3) is 82.1 Å². The summed E-state index contributed by atoms with van der Waals surface area (Å²) in [5.41, 5.74) is 14.3. The largest absolute Gasteiger partial charge is 0.310 e. The summed E-state index contributed by atoms with van der Waals surface area (Å²) in [6.07, 6.45) is 0. The van der Waals surface area contributed by atoms with Gasteiger partial charge in [-0.2, -0.15) is 0 Å². The number of para-hydroxylation sites is 2. The topological polar surface area (TPSA) is 8.17 Å². The lowest BCUT2D eigenvalue weighted by Gasteiger charge is -2.32. The van der Waals surface area contributed by atoms with Gasteiger partial charge in [0.1, 0.15) is 0 Å². The standard InChI is InChI=1S/C60H50N2/c1-59(2,3)45-36-46(60(4,5)6)38-48(37-45)61(47-34-43(39-17-9-7-10-18-39)33-44(35-47)40-19-11-8-12-20-40)55-31-27-41-26-30-52-56(32-28-42-25-29-51(55)57(41)58(42)52)62-53-23-15-13-21-49(53)50-22-14-16-24-54(50)62/h7-38H,1-6H3. The van der Waals surface area contributed by atoms with E-state index in [2.05, 4.69) is 245 Å². The zero-order chi connectivity index (χ0) is 42.3. The number of benzene rings is 10. The highest BCUT2D eigenvalue weighted by Crippen LogP contribution is 2.48. The molecule has 1 heterocycles. The lowest BCUT2D eigenvalue weighted by atomic mass is 9.80. The molecule has 0 aliphatic carbocycles. The van der Waals surface area contributed by atoms with Gasteiger partial charge in [0.25, 0.3) is 0 Å². The van der Waals surface area contributed by atoms with Crippen LogP contribution in [0.5, 0.6) is 0 Å². The molecule has 0 fully saturated rings. The van der Waals surface area contributed by atoms with Crippen LogP contribution < -0.4 is 4.90 Å². The first-order valence-corrected chi connectivity index (χ1v) is 21.9. The zero-order valence-corrected chi connectivity index (χ0v) is 36.4. The van der Waals surface area contributed by atoms with E-state index in [0.29, 0.717) is 0 Å². The molecule has 0 spiro atoms. The van der Waals surface area contributed by atoms with Crippen molar-refractivity contribution in [1.29, 1.82) is 0 Å².